The largest absolute Gasteiger partial charge is 0.384 e. The number of benzene rings is 1. The lowest BCUT2D eigenvalue weighted by Crippen LogP contribution is -1.97. The Kier molecular flexibility index (Phi) is 1.81. The molecule has 0 aromatic heterocycles. The van der Waals surface area contributed by atoms with E-state index in [1.54, 1.807) is 6.07 Å². The van der Waals surface area contributed by atoms with Gasteiger partial charge in [0.2, 0.25) is 5.12 Å². The first-order valence-electron chi connectivity index (χ1n) is 3.88. The number of hydrogen-bond donors (Lipinski definition) is 2. The number of nitrogens with one attached hydrogen (secondary N) is 1. The maximum absolute atomic E-state index is 11.0. The molecule has 2 nitrogen and oxygen atoms in total. The SMILES string of the molecule is O=C(S)c1cccc2c1NCC2. The number of carbonyl (C=O) groups is 1. The third-order valence-electron chi connectivity index (χ3n) is 2.08. The molecule has 0 aliphatic carbocycles. The van der Waals surface area contributed by atoms with Crippen molar-refractivity contribution in [3.05, 3.63) is 29.3 Å². The Bertz CT molecular complexity index is 335. The van der Waals surface area contributed by atoms with Crippen LogP contribution in [0.5, 0.6) is 0 Å². The molecule has 1 aromatic rings. The summed E-state index contributed by atoms with van der Waals surface area (Å²) in [7, 11) is 0. The van der Waals surface area contributed by atoms with Gasteiger partial charge in [-0.2, -0.15) is 0 Å². The van der Waals surface area contributed by atoms with E-state index < -0.39 is 0 Å². The number of carbonyl (C=O) groups excluding carboxylic acids is 1. The highest BCUT2D eigenvalue weighted by Gasteiger charge is 2.15. The summed E-state index contributed by atoms with van der Waals surface area (Å²) in [5, 5.41) is 3.01. The smallest absolute Gasteiger partial charge is 0.218 e. The molecule has 1 aromatic carbocycles. The first kappa shape index (κ1) is 7.68. The van der Waals surface area contributed by atoms with Gasteiger partial charge in [0.1, 0.15) is 0 Å². The molecule has 0 radical (unpaired) electrons. The molecule has 12 heavy (non-hydrogen) atoms. The zero-order chi connectivity index (χ0) is 8.55. The van der Waals surface area contributed by atoms with Gasteiger partial charge < -0.3 is 5.32 Å². The van der Waals surface area contributed by atoms with Gasteiger partial charge in [-0.05, 0) is 18.1 Å². The van der Waals surface area contributed by atoms with Crippen LogP contribution < -0.4 is 5.32 Å². The summed E-state index contributed by atoms with van der Waals surface area (Å²) >= 11 is 3.81. The fourth-order valence-electron chi connectivity index (χ4n) is 1.52. The number of anilines is 1. The molecule has 0 saturated carbocycles. The van der Waals surface area contributed by atoms with E-state index in [-0.39, 0.29) is 5.12 Å². The van der Waals surface area contributed by atoms with Crippen LogP contribution in [0.15, 0.2) is 18.2 Å². The van der Waals surface area contributed by atoms with Gasteiger partial charge in [0.15, 0.2) is 0 Å². The van der Waals surface area contributed by atoms with Gasteiger partial charge in [-0.3, -0.25) is 4.79 Å². The fraction of sp³-hybridized carbons (Fsp3) is 0.222. The Morgan fingerprint density at radius 1 is 1.50 bits per heavy atom. The molecule has 1 N–H and O–H groups in total. The molecule has 3 heteroatoms. The third-order valence-corrected chi connectivity index (χ3v) is 2.32. The number of fused-ring (bicyclic) bond motifs is 1. The van der Waals surface area contributed by atoms with Crippen LogP contribution >= 0.6 is 12.6 Å². The highest BCUT2D eigenvalue weighted by molar-refractivity contribution is 7.97. The minimum absolute atomic E-state index is 0.166. The van der Waals surface area contributed by atoms with E-state index in [9.17, 15) is 4.79 Å². The summed E-state index contributed by atoms with van der Waals surface area (Å²) in [6, 6.07) is 5.73. The van der Waals surface area contributed by atoms with Crippen molar-refractivity contribution in [2.75, 3.05) is 11.9 Å². The summed E-state index contributed by atoms with van der Waals surface area (Å²) in [4.78, 5) is 11.0. The quantitative estimate of drug-likeness (QED) is 0.643. The fourth-order valence-corrected chi connectivity index (χ4v) is 1.70. The van der Waals surface area contributed by atoms with Gasteiger partial charge in [-0.1, -0.05) is 12.1 Å². The minimum Gasteiger partial charge on any atom is -0.384 e. The number of rotatable bonds is 1. The summed E-state index contributed by atoms with van der Waals surface area (Å²) in [5.41, 5.74) is 2.88. The van der Waals surface area contributed by atoms with Gasteiger partial charge in [0.25, 0.3) is 0 Å². The van der Waals surface area contributed by atoms with Crippen LogP contribution in [0.25, 0.3) is 0 Å². The zero-order valence-corrected chi connectivity index (χ0v) is 7.40. The Morgan fingerprint density at radius 2 is 2.33 bits per heavy atom. The van der Waals surface area contributed by atoms with E-state index in [1.807, 2.05) is 12.1 Å². The number of thiol groups is 1. The number of para-hydroxylation sites is 1. The van der Waals surface area contributed by atoms with Gasteiger partial charge in [-0.25, -0.2) is 0 Å². The predicted molar refractivity (Wildman–Crippen MR) is 52.0 cm³/mol. The second-order valence-electron chi connectivity index (χ2n) is 2.82. The van der Waals surface area contributed by atoms with Crippen molar-refractivity contribution in [2.24, 2.45) is 0 Å². The lowest BCUT2D eigenvalue weighted by Gasteiger charge is -2.03. The van der Waals surface area contributed by atoms with Crippen molar-refractivity contribution in [3.63, 3.8) is 0 Å². The van der Waals surface area contributed by atoms with Crippen LogP contribution in [-0.2, 0) is 6.42 Å². The Morgan fingerprint density at radius 3 is 3.08 bits per heavy atom. The minimum atomic E-state index is -0.166. The second-order valence-corrected chi connectivity index (χ2v) is 3.23. The van der Waals surface area contributed by atoms with Crippen molar-refractivity contribution >= 4 is 23.4 Å². The van der Waals surface area contributed by atoms with Crippen molar-refractivity contribution in [1.82, 2.24) is 0 Å². The first-order valence-corrected chi connectivity index (χ1v) is 4.33. The summed E-state index contributed by atoms with van der Waals surface area (Å²) in [6.45, 7) is 0.924. The van der Waals surface area contributed by atoms with Crippen molar-refractivity contribution in [2.45, 2.75) is 6.42 Å². The van der Waals surface area contributed by atoms with Crippen molar-refractivity contribution < 1.29 is 4.79 Å². The molecule has 62 valence electrons. The maximum atomic E-state index is 11.0. The molecule has 0 spiro atoms. The third kappa shape index (κ3) is 1.10. The normalized spacial score (nSPS) is 13.8. The van der Waals surface area contributed by atoms with E-state index in [0.717, 1.165) is 18.7 Å². The monoisotopic (exact) mass is 179 g/mol. The topological polar surface area (TPSA) is 29.1 Å². The summed E-state index contributed by atoms with van der Waals surface area (Å²) in [6.07, 6.45) is 1.00. The van der Waals surface area contributed by atoms with E-state index in [1.165, 1.54) is 5.56 Å². The first-order chi connectivity index (χ1) is 5.79. The zero-order valence-electron chi connectivity index (χ0n) is 6.50. The Labute approximate surface area is 76.4 Å². The maximum Gasteiger partial charge on any atom is 0.218 e. The Balaban J connectivity index is 2.56. The van der Waals surface area contributed by atoms with E-state index in [4.69, 9.17) is 0 Å². The van der Waals surface area contributed by atoms with Gasteiger partial charge in [-0.15, -0.1) is 12.6 Å². The van der Waals surface area contributed by atoms with E-state index >= 15 is 0 Å². The molecule has 0 saturated heterocycles. The molecule has 0 unspecified atom stereocenters. The van der Waals surface area contributed by atoms with Crippen molar-refractivity contribution in [1.29, 1.82) is 0 Å². The van der Waals surface area contributed by atoms with Crippen LogP contribution in [0.1, 0.15) is 15.9 Å². The molecule has 0 bridgehead atoms. The number of hydrogen-bond acceptors (Lipinski definition) is 2. The second kappa shape index (κ2) is 2.83. The molecule has 1 heterocycles. The molecular formula is C9H9NOS. The predicted octanol–water partition coefficient (Wildman–Crippen LogP) is 1.72. The van der Waals surface area contributed by atoms with Gasteiger partial charge in [0, 0.05) is 12.2 Å². The van der Waals surface area contributed by atoms with E-state index in [2.05, 4.69) is 17.9 Å². The molecule has 0 amide bonds. The molecule has 2 rings (SSSR count). The average molecular weight is 179 g/mol. The Hall–Kier alpha value is -0.960. The average Bonchev–Trinajstić information content (AvgIpc) is 2.49. The van der Waals surface area contributed by atoms with Gasteiger partial charge in [0.05, 0.1) is 5.56 Å². The van der Waals surface area contributed by atoms with Gasteiger partial charge >= 0.3 is 0 Å². The lowest BCUT2D eigenvalue weighted by molar-refractivity contribution is 0.109. The van der Waals surface area contributed by atoms with Crippen LogP contribution in [0.4, 0.5) is 5.69 Å². The lowest BCUT2D eigenvalue weighted by atomic mass is 10.1. The molecule has 0 fully saturated rings. The van der Waals surface area contributed by atoms with Crippen LogP contribution in [-0.4, -0.2) is 11.7 Å². The summed E-state index contributed by atoms with van der Waals surface area (Å²) in [5.74, 6) is 0. The highest BCUT2D eigenvalue weighted by Crippen LogP contribution is 2.27. The van der Waals surface area contributed by atoms with Crippen LogP contribution in [0, 0.1) is 0 Å². The summed E-state index contributed by atoms with van der Waals surface area (Å²) < 4.78 is 0. The van der Waals surface area contributed by atoms with Crippen LogP contribution in [0.3, 0.4) is 0 Å². The molecule has 1 aliphatic rings. The molecule has 1 aliphatic heterocycles. The van der Waals surface area contributed by atoms with E-state index in [0.29, 0.717) is 5.56 Å². The highest BCUT2D eigenvalue weighted by atomic mass is 32.1. The van der Waals surface area contributed by atoms with Crippen LogP contribution in [0.2, 0.25) is 0 Å². The molecular weight excluding hydrogens is 170 g/mol. The molecule has 0 atom stereocenters. The van der Waals surface area contributed by atoms with Crippen molar-refractivity contribution in [3.8, 4) is 0 Å². The standard InChI is InChI=1S/C9H9NOS/c11-9(12)7-3-1-2-6-4-5-10-8(6)7/h1-3,10H,4-5H2,(H,11,12).